The molecular weight excluding hydrogens is 190 g/mol. The van der Waals surface area contributed by atoms with Crippen molar-refractivity contribution < 1.29 is 15.2 Å². The summed E-state index contributed by atoms with van der Waals surface area (Å²) in [5.41, 5.74) is 0.997. The summed E-state index contributed by atoms with van der Waals surface area (Å²) in [5.74, 6) is 0.148. The molecule has 0 aromatic heterocycles. The van der Waals surface area contributed by atoms with E-state index in [-0.39, 0.29) is 11.1 Å². The Bertz CT molecular complexity index is 345. The van der Waals surface area contributed by atoms with Crippen LogP contribution in [0.3, 0.4) is 0 Å². The second-order valence-electron chi connectivity index (χ2n) is 4.70. The fraction of sp³-hybridized carbons (Fsp3) is 0.400. The zero-order chi connectivity index (χ0) is 11.6. The average Bonchev–Trinajstić information content (AvgIpc) is 2.06. The molecule has 0 saturated carbocycles. The first-order chi connectivity index (χ1) is 6.79. The van der Waals surface area contributed by atoms with Gasteiger partial charge in [-0.15, -0.1) is 0 Å². The van der Waals surface area contributed by atoms with Gasteiger partial charge in [-0.3, -0.25) is 0 Å². The molecule has 0 heterocycles. The van der Waals surface area contributed by atoms with Crippen LogP contribution in [0.5, 0.6) is 5.75 Å². The lowest BCUT2D eigenvalue weighted by Gasteiger charge is -2.18. The summed E-state index contributed by atoms with van der Waals surface area (Å²) in [4.78, 5) is 0. The summed E-state index contributed by atoms with van der Waals surface area (Å²) in [6.07, 6.45) is 0. The number of hydrogen-bond donors (Lipinski definition) is 3. The van der Waals surface area contributed by atoms with Crippen LogP contribution in [0.25, 0.3) is 0 Å². The van der Waals surface area contributed by atoms with Crippen molar-refractivity contribution in [2.75, 3.05) is 0 Å². The quantitative estimate of drug-likeness (QED) is 0.576. The Kier molecular flexibility index (Phi) is 3.47. The molecule has 0 unspecified atom stereocenters. The van der Waals surface area contributed by atoms with E-state index in [9.17, 15) is 5.11 Å². The fourth-order valence-electron chi connectivity index (χ4n) is 1.32. The molecule has 1 rings (SSSR count). The SMILES string of the molecule is CC(C)(C)[B]c1cc(B(O)O)ccc1O. The lowest BCUT2D eigenvalue weighted by atomic mass is 9.50. The number of phenols is 1. The normalized spacial score (nSPS) is 11.3. The lowest BCUT2D eigenvalue weighted by Crippen LogP contribution is -2.35. The van der Waals surface area contributed by atoms with Gasteiger partial charge in [0, 0.05) is 0 Å². The van der Waals surface area contributed by atoms with Crippen LogP contribution in [0, 0.1) is 0 Å². The molecule has 5 heteroatoms. The molecule has 0 aliphatic rings. The van der Waals surface area contributed by atoms with Crippen molar-refractivity contribution >= 4 is 25.3 Å². The predicted octanol–water partition coefficient (Wildman–Crippen LogP) is -0.380. The molecule has 1 radical (unpaired) electrons. The monoisotopic (exact) mass is 205 g/mol. The highest BCUT2D eigenvalue weighted by Crippen LogP contribution is 2.20. The van der Waals surface area contributed by atoms with E-state index >= 15 is 0 Å². The fourth-order valence-corrected chi connectivity index (χ4v) is 1.32. The first-order valence-corrected chi connectivity index (χ1v) is 4.84. The standard InChI is InChI=1S/C10H15B2O3/c1-10(2,3)11-8-6-7(12(14)15)4-5-9(8)13/h4-6,13-15H,1-3H3. The molecule has 0 fully saturated rings. The number of benzene rings is 1. The van der Waals surface area contributed by atoms with E-state index < -0.39 is 7.12 Å². The van der Waals surface area contributed by atoms with Gasteiger partial charge < -0.3 is 15.2 Å². The number of phenolic OH excluding ortho intramolecular Hbond substituents is 1. The van der Waals surface area contributed by atoms with Gasteiger partial charge in [-0.25, -0.2) is 0 Å². The highest BCUT2D eigenvalue weighted by atomic mass is 16.4. The van der Waals surface area contributed by atoms with Gasteiger partial charge in [-0.05, 0) is 17.0 Å². The van der Waals surface area contributed by atoms with Crippen molar-refractivity contribution in [1.29, 1.82) is 0 Å². The van der Waals surface area contributed by atoms with E-state index in [1.807, 2.05) is 28.1 Å². The van der Waals surface area contributed by atoms with Crippen LogP contribution in [-0.4, -0.2) is 29.6 Å². The van der Waals surface area contributed by atoms with E-state index in [0.29, 0.717) is 10.9 Å². The maximum absolute atomic E-state index is 9.59. The molecule has 1 aromatic carbocycles. The van der Waals surface area contributed by atoms with E-state index in [4.69, 9.17) is 10.0 Å². The Morgan fingerprint density at radius 1 is 1.20 bits per heavy atom. The Hall–Kier alpha value is -0.930. The largest absolute Gasteiger partial charge is 0.509 e. The number of aromatic hydroxyl groups is 1. The third-order valence-electron chi connectivity index (χ3n) is 1.94. The van der Waals surface area contributed by atoms with Gasteiger partial charge in [-0.2, -0.15) is 0 Å². The van der Waals surface area contributed by atoms with Gasteiger partial charge >= 0.3 is 7.12 Å². The lowest BCUT2D eigenvalue weighted by molar-refractivity contribution is 0.425. The summed E-state index contributed by atoms with van der Waals surface area (Å²) < 4.78 is 0. The summed E-state index contributed by atoms with van der Waals surface area (Å²) >= 11 is 0. The minimum Gasteiger partial charge on any atom is -0.509 e. The van der Waals surface area contributed by atoms with Crippen molar-refractivity contribution in [1.82, 2.24) is 0 Å². The summed E-state index contributed by atoms with van der Waals surface area (Å²) in [5, 5.41) is 27.5. The first kappa shape index (κ1) is 12.1. The molecule has 3 N–H and O–H groups in total. The van der Waals surface area contributed by atoms with E-state index in [0.717, 1.165) is 0 Å². The second-order valence-corrected chi connectivity index (χ2v) is 4.70. The zero-order valence-electron chi connectivity index (χ0n) is 9.23. The molecule has 0 aliphatic heterocycles. The third-order valence-corrected chi connectivity index (χ3v) is 1.94. The molecule has 3 nitrogen and oxygen atoms in total. The maximum atomic E-state index is 9.59. The van der Waals surface area contributed by atoms with Gasteiger partial charge in [-0.1, -0.05) is 38.2 Å². The number of hydrogen-bond acceptors (Lipinski definition) is 3. The van der Waals surface area contributed by atoms with Crippen LogP contribution in [-0.2, 0) is 0 Å². The summed E-state index contributed by atoms with van der Waals surface area (Å²) in [6, 6.07) is 4.53. The molecule has 0 atom stereocenters. The first-order valence-electron chi connectivity index (χ1n) is 4.84. The Labute approximate surface area is 91.2 Å². The van der Waals surface area contributed by atoms with Crippen LogP contribution in [0.15, 0.2) is 18.2 Å². The molecule has 15 heavy (non-hydrogen) atoms. The Morgan fingerprint density at radius 2 is 1.80 bits per heavy atom. The Balaban J connectivity index is 3.01. The van der Waals surface area contributed by atoms with Crippen molar-refractivity contribution in [2.45, 2.75) is 26.1 Å². The van der Waals surface area contributed by atoms with Crippen LogP contribution >= 0.6 is 0 Å². The molecule has 79 valence electrons. The zero-order valence-corrected chi connectivity index (χ0v) is 9.23. The van der Waals surface area contributed by atoms with Crippen molar-refractivity contribution in [3.8, 4) is 5.75 Å². The predicted molar refractivity (Wildman–Crippen MR) is 63.0 cm³/mol. The highest BCUT2D eigenvalue weighted by molar-refractivity contribution is 6.62. The van der Waals surface area contributed by atoms with E-state index in [1.54, 1.807) is 6.07 Å². The van der Waals surface area contributed by atoms with Gasteiger partial charge in [0.15, 0.2) is 7.28 Å². The summed E-state index contributed by atoms with van der Waals surface area (Å²) in [6.45, 7) is 6.03. The van der Waals surface area contributed by atoms with Gasteiger partial charge in [0.1, 0.15) is 5.75 Å². The van der Waals surface area contributed by atoms with E-state index in [1.165, 1.54) is 12.1 Å². The molecule has 0 bridgehead atoms. The van der Waals surface area contributed by atoms with Crippen LogP contribution in [0.4, 0.5) is 0 Å². The smallest absolute Gasteiger partial charge is 0.488 e. The summed E-state index contributed by atoms with van der Waals surface area (Å²) in [7, 11) is 0.381. The van der Waals surface area contributed by atoms with E-state index in [2.05, 4.69) is 0 Å². The van der Waals surface area contributed by atoms with Gasteiger partial charge in [0.2, 0.25) is 0 Å². The molecular formula is C10H15B2O3. The number of rotatable bonds is 2. The van der Waals surface area contributed by atoms with Crippen LogP contribution < -0.4 is 10.9 Å². The van der Waals surface area contributed by atoms with Crippen LogP contribution in [0.1, 0.15) is 20.8 Å². The van der Waals surface area contributed by atoms with Crippen molar-refractivity contribution in [3.05, 3.63) is 18.2 Å². The average molecular weight is 205 g/mol. The molecule has 1 aromatic rings. The van der Waals surface area contributed by atoms with Crippen molar-refractivity contribution in [2.24, 2.45) is 0 Å². The Morgan fingerprint density at radius 3 is 2.27 bits per heavy atom. The molecule has 0 aliphatic carbocycles. The van der Waals surface area contributed by atoms with Gasteiger partial charge in [0.25, 0.3) is 0 Å². The minimum absolute atomic E-state index is 0.0729. The molecule has 0 amide bonds. The molecule has 0 spiro atoms. The minimum atomic E-state index is -1.50. The topological polar surface area (TPSA) is 60.7 Å². The molecule has 0 saturated heterocycles. The van der Waals surface area contributed by atoms with Crippen molar-refractivity contribution in [3.63, 3.8) is 0 Å². The second kappa shape index (κ2) is 4.29. The maximum Gasteiger partial charge on any atom is 0.488 e. The van der Waals surface area contributed by atoms with Crippen LogP contribution in [0.2, 0.25) is 5.31 Å². The van der Waals surface area contributed by atoms with Gasteiger partial charge in [0.05, 0.1) is 0 Å². The third kappa shape index (κ3) is 3.61. The highest BCUT2D eigenvalue weighted by Gasteiger charge is 2.18.